The molecule has 0 aromatic rings. The van der Waals surface area contributed by atoms with E-state index >= 15 is 0 Å². The smallest absolute Gasteiger partial charge is 0.462 e. The summed E-state index contributed by atoms with van der Waals surface area (Å²) in [7, 11) is -9.89. The van der Waals surface area contributed by atoms with Crippen molar-refractivity contribution in [2.75, 3.05) is 39.6 Å². The molecule has 0 heterocycles. The Balaban J connectivity index is 5.13. The van der Waals surface area contributed by atoms with E-state index in [9.17, 15) is 43.2 Å². The van der Waals surface area contributed by atoms with Crippen LogP contribution in [0, 0.1) is 11.8 Å². The van der Waals surface area contributed by atoms with E-state index in [1.54, 1.807) is 0 Å². The predicted molar refractivity (Wildman–Crippen MR) is 368 cm³/mol. The van der Waals surface area contributed by atoms with E-state index < -0.39 is 97.5 Å². The van der Waals surface area contributed by atoms with Crippen molar-refractivity contribution in [1.82, 2.24) is 0 Å². The normalized spacial score (nSPS) is 14.1. The monoisotopic (exact) mass is 1340 g/mol. The predicted octanol–water partition coefficient (Wildman–Crippen LogP) is 20.8. The van der Waals surface area contributed by atoms with Crippen LogP contribution in [-0.4, -0.2) is 96.7 Å². The number of carbonyl (C=O) groups excluding carboxylic acids is 4. The van der Waals surface area contributed by atoms with Gasteiger partial charge in [-0.15, -0.1) is 0 Å². The lowest BCUT2D eigenvalue weighted by atomic mass is 10.0. The quantitative estimate of drug-likeness (QED) is 0.0222. The molecule has 0 spiro atoms. The molecule has 0 aliphatic carbocycles. The molecule has 0 saturated carbocycles. The molecule has 0 amide bonds. The first-order chi connectivity index (χ1) is 43.9. The van der Waals surface area contributed by atoms with Crippen molar-refractivity contribution in [3.63, 3.8) is 0 Å². The molecule has 0 radical (unpaired) electrons. The van der Waals surface area contributed by atoms with Crippen LogP contribution in [0.5, 0.6) is 0 Å². The molecule has 0 fully saturated rings. The summed E-state index contributed by atoms with van der Waals surface area (Å²) in [6, 6.07) is 0. The zero-order valence-corrected chi connectivity index (χ0v) is 60.9. The third-order valence-corrected chi connectivity index (χ3v) is 18.6. The number of rotatable bonds is 71. The molecular weight excluding hydrogens is 1200 g/mol. The number of esters is 4. The van der Waals surface area contributed by atoms with Crippen LogP contribution in [0.15, 0.2) is 0 Å². The van der Waals surface area contributed by atoms with E-state index in [2.05, 4.69) is 41.5 Å². The maximum atomic E-state index is 13.0. The third kappa shape index (κ3) is 66.5. The molecule has 0 rings (SSSR count). The maximum absolute atomic E-state index is 13.0. The first-order valence-electron chi connectivity index (χ1n) is 37.5. The lowest BCUT2D eigenvalue weighted by Crippen LogP contribution is -2.30. The molecule has 540 valence electrons. The van der Waals surface area contributed by atoms with Crippen molar-refractivity contribution in [3.8, 4) is 0 Å². The Morgan fingerprint density at radius 1 is 0.297 bits per heavy atom. The lowest BCUT2D eigenvalue weighted by molar-refractivity contribution is -0.161. The van der Waals surface area contributed by atoms with Gasteiger partial charge < -0.3 is 33.8 Å². The second kappa shape index (κ2) is 64.1. The summed E-state index contributed by atoms with van der Waals surface area (Å²) in [5.41, 5.74) is 0. The fourth-order valence-electron chi connectivity index (χ4n) is 10.9. The fourth-order valence-corrected chi connectivity index (χ4v) is 12.5. The van der Waals surface area contributed by atoms with Crippen LogP contribution in [0.1, 0.15) is 369 Å². The van der Waals surface area contributed by atoms with Gasteiger partial charge in [0, 0.05) is 25.7 Å². The zero-order valence-electron chi connectivity index (χ0n) is 59.1. The molecule has 2 unspecified atom stereocenters. The molecule has 0 aromatic carbocycles. The number of hydrogen-bond acceptors (Lipinski definition) is 15. The van der Waals surface area contributed by atoms with E-state index in [-0.39, 0.29) is 25.7 Å². The summed E-state index contributed by atoms with van der Waals surface area (Å²) < 4.78 is 68.1. The van der Waals surface area contributed by atoms with Crippen molar-refractivity contribution >= 4 is 39.5 Å². The van der Waals surface area contributed by atoms with Gasteiger partial charge in [-0.2, -0.15) is 0 Å². The first kappa shape index (κ1) is 89.1. The highest BCUT2D eigenvalue weighted by Crippen LogP contribution is 2.45. The summed E-state index contributed by atoms with van der Waals surface area (Å²) >= 11 is 0. The summed E-state index contributed by atoms with van der Waals surface area (Å²) in [4.78, 5) is 72.3. The molecule has 5 atom stereocenters. The average Bonchev–Trinajstić information content (AvgIpc) is 3.63. The van der Waals surface area contributed by atoms with E-state index in [1.165, 1.54) is 180 Å². The summed E-state index contributed by atoms with van der Waals surface area (Å²) in [6.45, 7) is 9.45. The van der Waals surface area contributed by atoms with Gasteiger partial charge in [-0.3, -0.25) is 37.3 Å². The van der Waals surface area contributed by atoms with Crippen molar-refractivity contribution in [1.29, 1.82) is 0 Å². The highest BCUT2D eigenvalue weighted by atomic mass is 31.2. The Labute approximate surface area is 556 Å². The molecule has 91 heavy (non-hydrogen) atoms. The standard InChI is InChI=1S/C72H140O17P2/c1-7-9-11-13-14-15-16-17-18-19-20-21-22-23-24-27-33-38-44-50-56-71(76)89-68(61-83-70(75)55-49-43-37-32-28-25-26-30-35-41-46-52-64(3)4)63-87-91(80,81)85-59-66(73)58-84-90(78,79)86-62-67(60-82-69(74)54-48-40-12-10-8-2)88-72(77)57-51-45-39-34-29-31-36-42-47-53-65(5)6/h64-68,73H,7-63H2,1-6H3,(H,78,79)(H,80,81)/t66-,67+,68+/m0/s1. The number of unbranched alkanes of at least 4 members (excludes halogenated alkanes) is 41. The van der Waals surface area contributed by atoms with Crippen LogP contribution in [0.2, 0.25) is 0 Å². The average molecular weight is 1340 g/mol. The number of aliphatic hydroxyl groups is 1. The van der Waals surface area contributed by atoms with E-state index in [0.29, 0.717) is 25.7 Å². The van der Waals surface area contributed by atoms with E-state index in [0.717, 1.165) is 108 Å². The lowest BCUT2D eigenvalue weighted by Gasteiger charge is -2.21. The van der Waals surface area contributed by atoms with Crippen LogP contribution in [0.4, 0.5) is 0 Å². The minimum absolute atomic E-state index is 0.104. The van der Waals surface area contributed by atoms with Crippen molar-refractivity contribution in [3.05, 3.63) is 0 Å². The van der Waals surface area contributed by atoms with Crippen molar-refractivity contribution < 1.29 is 80.2 Å². The van der Waals surface area contributed by atoms with Crippen LogP contribution in [0.3, 0.4) is 0 Å². The second-order valence-corrected chi connectivity index (χ2v) is 29.8. The SMILES string of the molecule is CCCCCCCCCCCCCCCCCCCCCCC(=O)O[C@H](COC(=O)CCCCCCCCCCCCCC(C)C)COP(=O)(O)OC[C@@H](O)COP(=O)(O)OC[C@@H](COC(=O)CCCCCCC)OC(=O)CCCCCCCCCCCC(C)C. The number of ether oxygens (including phenoxy) is 4. The van der Waals surface area contributed by atoms with E-state index in [4.69, 9.17) is 37.0 Å². The van der Waals surface area contributed by atoms with Gasteiger partial charge in [0.1, 0.15) is 19.3 Å². The minimum Gasteiger partial charge on any atom is -0.462 e. The van der Waals surface area contributed by atoms with Gasteiger partial charge in [0.05, 0.1) is 26.4 Å². The van der Waals surface area contributed by atoms with Gasteiger partial charge in [0.2, 0.25) is 0 Å². The van der Waals surface area contributed by atoms with Gasteiger partial charge >= 0.3 is 39.5 Å². The van der Waals surface area contributed by atoms with Crippen LogP contribution >= 0.6 is 15.6 Å². The molecule has 0 bridgehead atoms. The van der Waals surface area contributed by atoms with Gasteiger partial charge in [0.25, 0.3) is 0 Å². The molecular formula is C72H140O17P2. The van der Waals surface area contributed by atoms with Crippen molar-refractivity contribution in [2.45, 2.75) is 387 Å². The van der Waals surface area contributed by atoms with Crippen LogP contribution < -0.4 is 0 Å². The first-order valence-corrected chi connectivity index (χ1v) is 40.5. The minimum atomic E-state index is -4.95. The highest BCUT2D eigenvalue weighted by Gasteiger charge is 2.30. The fraction of sp³-hybridized carbons (Fsp3) is 0.944. The summed E-state index contributed by atoms with van der Waals surface area (Å²) in [6.07, 6.45) is 50.5. The highest BCUT2D eigenvalue weighted by molar-refractivity contribution is 7.47. The van der Waals surface area contributed by atoms with Crippen LogP contribution in [0.25, 0.3) is 0 Å². The number of aliphatic hydroxyl groups excluding tert-OH is 1. The topological polar surface area (TPSA) is 237 Å². The molecule has 19 heteroatoms. The Kier molecular flexibility index (Phi) is 62.7. The molecule has 0 aromatic heterocycles. The van der Waals surface area contributed by atoms with Crippen molar-refractivity contribution in [2.24, 2.45) is 11.8 Å². The Bertz CT molecular complexity index is 1770. The number of phosphoric ester groups is 2. The number of carbonyl (C=O) groups is 4. The van der Waals surface area contributed by atoms with E-state index in [1.807, 2.05) is 0 Å². The van der Waals surface area contributed by atoms with Gasteiger partial charge in [-0.05, 0) is 37.5 Å². The molecule has 3 N–H and O–H groups in total. The third-order valence-electron chi connectivity index (χ3n) is 16.7. The van der Waals surface area contributed by atoms with Gasteiger partial charge in [0.15, 0.2) is 12.2 Å². The molecule has 0 aliphatic heterocycles. The largest absolute Gasteiger partial charge is 0.472 e. The van der Waals surface area contributed by atoms with Crippen LogP contribution in [-0.2, 0) is 65.4 Å². The Morgan fingerprint density at radius 3 is 0.747 bits per heavy atom. The van der Waals surface area contributed by atoms with Gasteiger partial charge in [-0.1, -0.05) is 318 Å². The molecule has 17 nitrogen and oxygen atoms in total. The maximum Gasteiger partial charge on any atom is 0.472 e. The Morgan fingerprint density at radius 2 is 0.505 bits per heavy atom. The second-order valence-electron chi connectivity index (χ2n) is 26.9. The zero-order chi connectivity index (χ0) is 67.2. The summed E-state index contributed by atoms with van der Waals surface area (Å²) in [5, 5.41) is 10.6. The number of hydrogen-bond donors (Lipinski definition) is 3. The molecule has 0 aliphatic rings. The number of phosphoric acid groups is 2. The van der Waals surface area contributed by atoms with Gasteiger partial charge in [-0.25, -0.2) is 9.13 Å². The Hall–Kier alpha value is -1.94. The summed E-state index contributed by atoms with van der Waals surface area (Å²) in [5.74, 6) is -0.626. The molecule has 0 saturated heterocycles.